The average Bonchev–Trinajstić information content (AvgIpc) is 2.28. The van der Waals surface area contributed by atoms with Crippen molar-refractivity contribution in [3.63, 3.8) is 0 Å². The first-order valence-electron chi connectivity index (χ1n) is 6.82. The highest BCUT2D eigenvalue weighted by Gasteiger charge is 2.16. The Bertz CT molecular complexity index is 326. The highest BCUT2D eigenvalue weighted by molar-refractivity contribution is 5.61. The van der Waals surface area contributed by atoms with Gasteiger partial charge in [0.25, 0.3) is 0 Å². The van der Waals surface area contributed by atoms with Crippen molar-refractivity contribution in [2.24, 2.45) is 0 Å². The largest absolute Gasteiger partial charge is 0.374 e. The number of hydrogen-bond donors (Lipinski definition) is 0. The predicted molar refractivity (Wildman–Crippen MR) is 78.2 cm³/mol. The summed E-state index contributed by atoms with van der Waals surface area (Å²) in [7, 11) is 2.22. The molecule has 0 N–H and O–H groups in total. The van der Waals surface area contributed by atoms with Gasteiger partial charge in [0.2, 0.25) is 0 Å². The van der Waals surface area contributed by atoms with Crippen LogP contribution in [0.25, 0.3) is 0 Å². The molecule has 0 saturated heterocycles. The number of hydrogen-bond acceptors (Lipinski definition) is 1. The summed E-state index contributed by atoms with van der Waals surface area (Å²) in [5.41, 5.74) is 4.42. The Morgan fingerprint density at radius 2 is 1.47 bits per heavy atom. The standard InChI is InChI=1S/C16H27N/c1-7-11-17(6)16-14(12(2)3)9-8-10-15(16)13(4)5/h8-10,12-13H,7,11H2,1-6H3. The van der Waals surface area contributed by atoms with Gasteiger partial charge in [0.15, 0.2) is 0 Å². The van der Waals surface area contributed by atoms with Gasteiger partial charge in [-0.25, -0.2) is 0 Å². The van der Waals surface area contributed by atoms with Crippen molar-refractivity contribution >= 4 is 5.69 Å². The van der Waals surface area contributed by atoms with Crippen molar-refractivity contribution in [1.82, 2.24) is 0 Å². The van der Waals surface area contributed by atoms with E-state index in [0.717, 1.165) is 6.54 Å². The first kappa shape index (κ1) is 14.1. The third-order valence-corrected chi connectivity index (χ3v) is 3.28. The van der Waals surface area contributed by atoms with E-state index in [-0.39, 0.29) is 0 Å². The Morgan fingerprint density at radius 3 is 1.82 bits per heavy atom. The maximum Gasteiger partial charge on any atom is 0.0433 e. The maximum absolute atomic E-state index is 2.42. The lowest BCUT2D eigenvalue weighted by Gasteiger charge is -2.28. The molecule has 96 valence electrons. The molecule has 0 unspecified atom stereocenters. The molecule has 0 amide bonds. The third kappa shape index (κ3) is 3.24. The Morgan fingerprint density at radius 1 is 1.00 bits per heavy atom. The molecule has 1 nitrogen and oxygen atoms in total. The second-order valence-electron chi connectivity index (χ2n) is 5.52. The Labute approximate surface area is 107 Å². The van der Waals surface area contributed by atoms with E-state index in [9.17, 15) is 0 Å². The topological polar surface area (TPSA) is 3.24 Å². The quantitative estimate of drug-likeness (QED) is 0.707. The van der Waals surface area contributed by atoms with E-state index >= 15 is 0 Å². The van der Waals surface area contributed by atoms with Crippen LogP contribution < -0.4 is 4.90 Å². The minimum absolute atomic E-state index is 0.586. The molecular weight excluding hydrogens is 206 g/mol. The molecule has 0 radical (unpaired) electrons. The summed E-state index contributed by atoms with van der Waals surface area (Å²) >= 11 is 0. The lowest BCUT2D eigenvalue weighted by molar-refractivity contribution is 0.786. The molecule has 1 aromatic rings. The first-order chi connectivity index (χ1) is 7.99. The first-order valence-corrected chi connectivity index (χ1v) is 6.82. The molecule has 17 heavy (non-hydrogen) atoms. The maximum atomic E-state index is 2.42. The van der Waals surface area contributed by atoms with Crippen molar-refractivity contribution in [1.29, 1.82) is 0 Å². The molecule has 0 aromatic heterocycles. The summed E-state index contributed by atoms with van der Waals surface area (Å²) in [5, 5.41) is 0. The SMILES string of the molecule is CCCN(C)c1c(C(C)C)cccc1C(C)C. The molecule has 0 fully saturated rings. The minimum atomic E-state index is 0.586. The van der Waals surface area contributed by atoms with Crippen LogP contribution in [0, 0.1) is 0 Å². The molecule has 1 rings (SSSR count). The zero-order valence-electron chi connectivity index (χ0n) is 12.2. The molecule has 0 aliphatic rings. The van der Waals surface area contributed by atoms with Gasteiger partial charge in [0.05, 0.1) is 0 Å². The van der Waals surface area contributed by atoms with Crippen molar-refractivity contribution in [3.8, 4) is 0 Å². The summed E-state index contributed by atoms with van der Waals surface area (Å²) in [6.07, 6.45) is 1.19. The van der Waals surface area contributed by atoms with Crippen LogP contribution in [0.3, 0.4) is 0 Å². The zero-order valence-corrected chi connectivity index (χ0v) is 12.2. The van der Waals surface area contributed by atoms with Gasteiger partial charge in [-0.3, -0.25) is 0 Å². The highest BCUT2D eigenvalue weighted by Crippen LogP contribution is 2.34. The number of nitrogens with zero attached hydrogens (tertiary/aromatic N) is 1. The smallest absolute Gasteiger partial charge is 0.0433 e. The van der Waals surface area contributed by atoms with Crippen molar-refractivity contribution in [3.05, 3.63) is 29.3 Å². The Kier molecular flexibility index (Phi) is 5.04. The fourth-order valence-corrected chi connectivity index (χ4v) is 2.40. The van der Waals surface area contributed by atoms with Crippen LogP contribution in [0.4, 0.5) is 5.69 Å². The van der Waals surface area contributed by atoms with E-state index in [1.54, 1.807) is 0 Å². The fraction of sp³-hybridized carbons (Fsp3) is 0.625. The van der Waals surface area contributed by atoms with Crippen LogP contribution >= 0.6 is 0 Å². The summed E-state index contributed by atoms with van der Waals surface area (Å²) in [6.45, 7) is 12.5. The molecule has 0 heterocycles. The average molecular weight is 233 g/mol. The monoisotopic (exact) mass is 233 g/mol. The van der Waals surface area contributed by atoms with Gasteiger partial charge in [0.1, 0.15) is 0 Å². The Balaban J connectivity index is 3.28. The van der Waals surface area contributed by atoms with E-state index in [1.165, 1.54) is 23.2 Å². The van der Waals surface area contributed by atoms with Crippen molar-refractivity contribution in [2.45, 2.75) is 52.9 Å². The lowest BCUT2D eigenvalue weighted by Crippen LogP contribution is -2.21. The summed E-state index contributed by atoms with van der Waals surface area (Å²) in [4.78, 5) is 2.42. The second-order valence-corrected chi connectivity index (χ2v) is 5.52. The summed E-state index contributed by atoms with van der Waals surface area (Å²) in [6, 6.07) is 6.75. The van der Waals surface area contributed by atoms with E-state index in [1.807, 2.05) is 0 Å². The van der Waals surface area contributed by atoms with Crippen LogP contribution in [-0.4, -0.2) is 13.6 Å². The molecular formula is C16H27N. The van der Waals surface area contributed by atoms with Crippen LogP contribution in [0.2, 0.25) is 0 Å². The molecule has 0 saturated carbocycles. The number of benzene rings is 1. The van der Waals surface area contributed by atoms with E-state index < -0.39 is 0 Å². The highest BCUT2D eigenvalue weighted by atomic mass is 15.1. The summed E-state index contributed by atoms with van der Waals surface area (Å²) in [5.74, 6) is 1.17. The minimum Gasteiger partial charge on any atom is -0.374 e. The van der Waals surface area contributed by atoms with Crippen LogP contribution in [0.1, 0.15) is 64.0 Å². The van der Waals surface area contributed by atoms with E-state index in [4.69, 9.17) is 0 Å². The van der Waals surface area contributed by atoms with Crippen LogP contribution in [0.5, 0.6) is 0 Å². The molecule has 0 spiro atoms. The predicted octanol–water partition coefficient (Wildman–Crippen LogP) is 4.78. The van der Waals surface area contributed by atoms with Gasteiger partial charge in [-0.15, -0.1) is 0 Å². The molecule has 0 aliphatic heterocycles. The van der Waals surface area contributed by atoms with Gasteiger partial charge >= 0.3 is 0 Å². The third-order valence-electron chi connectivity index (χ3n) is 3.28. The van der Waals surface area contributed by atoms with Gasteiger partial charge in [-0.1, -0.05) is 52.8 Å². The number of anilines is 1. The lowest BCUT2D eigenvalue weighted by atomic mass is 9.92. The van der Waals surface area contributed by atoms with Gasteiger partial charge in [0, 0.05) is 19.3 Å². The van der Waals surface area contributed by atoms with E-state index in [0.29, 0.717) is 11.8 Å². The molecule has 0 aliphatic carbocycles. The fourth-order valence-electron chi connectivity index (χ4n) is 2.40. The normalized spacial score (nSPS) is 11.3. The number of para-hydroxylation sites is 1. The summed E-state index contributed by atoms with van der Waals surface area (Å²) < 4.78 is 0. The van der Waals surface area contributed by atoms with E-state index in [2.05, 4.69) is 64.8 Å². The molecule has 1 aromatic carbocycles. The number of rotatable bonds is 5. The van der Waals surface area contributed by atoms with Gasteiger partial charge in [-0.2, -0.15) is 0 Å². The van der Waals surface area contributed by atoms with Crippen molar-refractivity contribution < 1.29 is 0 Å². The van der Waals surface area contributed by atoms with Gasteiger partial charge < -0.3 is 4.90 Å². The molecule has 0 atom stereocenters. The molecule has 1 heteroatoms. The zero-order chi connectivity index (χ0) is 13.0. The van der Waals surface area contributed by atoms with Crippen LogP contribution in [0.15, 0.2) is 18.2 Å². The molecule has 0 bridgehead atoms. The Hall–Kier alpha value is -0.980. The second kappa shape index (κ2) is 6.09. The van der Waals surface area contributed by atoms with Gasteiger partial charge in [-0.05, 0) is 29.4 Å². The van der Waals surface area contributed by atoms with Crippen LogP contribution in [-0.2, 0) is 0 Å². The van der Waals surface area contributed by atoms with Crippen molar-refractivity contribution in [2.75, 3.05) is 18.5 Å².